The summed E-state index contributed by atoms with van der Waals surface area (Å²) in [5.41, 5.74) is -0.173. The number of aromatic hydroxyl groups is 1. The number of phenolic OH excluding ortho intramolecular Hbond substituents is 1. The number of benzene rings is 2. The Morgan fingerprint density at radius 2 is 1.69 bits per heavy atom. The first-order valence-corrected chi connectivity index (χ1v) is 7.47. The van der Waals surface area contributed by atoms with Crippen molar-refractivity contribution >= 4 is 23.5 Å². The van der Waals surface area contributed by atoms with E-state index < -0.39 is 40.2 Å². The molecule has 2 N–H and O–H groups in total. The van der Waals surface area contributed by atoms with Crippen LogP contribution in [0, 0.1) is 10.1 Å². The van der Waals surface area contributed by atoms with E-state index in [0.717, 1.165) is 12.1 Å². The average molecular weight is 356 g/mol. The van der Waals surface area contributed by atoms with Gasteiger partial charge in [-0.25, -0.2) is 4.79 Å². The molecule has 0 fully saturated rings. The van der Waals surface area contributed by atoms with Crippen molar-refractivity contribution < 1.29 is 29.5 Å². The molecule has 0 radical (unpaired) electrons. The molecule has 0 bridgehead atoms. The zero-order valence-electron chi connectivity index (χ0n) is 13.2. The third-order valence-electron chi connectivity index (χ3n) is 4.09. The summed E-state index contributed by atoms with van der Waals surface area (Å²) in [5.74, 6) is -3.45. The molecule has 2 aromatic carbocycles. The molecule has 132 valence electrons. The van der Waals surface area contributed by atoms with Gasteiger partial charge in [-0.15, -0.1) is 0 Å². The normalized spacial score (nSPS) is 14.2. The molecular weight excluding hydrogens is 344 g/mol. The second-order valence-corrected chi connectivity index (χ2v) is 5.66. The first kappa shape index (κ1) is 17.1. The van der Waals surface area contributed by atoms with Crippen molar-refractivity contribution in [3.8, 4) is 5.75 Å². The molecule has 9 nitrogen and oxygen atoms in total. The van der Waals surface area contributed by atoms with E-state index in [1.165, 1.54) is 18.2 Å². The summed E-state index contributed by atoms with van der Waals surface area (Å²) in [6.45, 7) is 0. The number of carbonyl (C=O) groups excluding carboxylic acids is 2. The smallest absolute Gasteiger partial charge is 0.327 e. The molecule has 1 heterocycles. The SMILES string of the molecule is O=C(O)C(Cc1ccc(O)c([N+](=O)[O-])c1)N1C(=O)c2ccccc2C1=O. The lowest BCUT2D eigenvalue weighted by atomic mass is 10.0. The van der Waals surface area contributed by atoms with E-state index in [1.54, 1.807) is 12.1 Å². The second-order valence-electron chi connectivity index (χ2n) is 5.66. The molecule has 2 amide bonds. The first-order chi connectivity index (χ1) is 12.3. The van der Waals surface area contributed by atoms with Gasteiger partial charge < -0.3 is 10.2 Å². The number of nitro groups is 1. The maximum atomic E-state index is 12.5. The van der Waals surface area contributed by atoms with Crippen molar-refractivity contribution in [2.75, 3.05) is 0 Å². The molecule has 0 spiro atoms. The number of carbonyl (C=O) groups is 3. The Kier molecular flexibility index (Phi) is 4.13. The molecule has 0 aromatic heterocycles. The van der Waals surface area contributed by atoms with Gasteiger partial charge in [0, 0.05) is 12.5 Å². The molecular formula is C17H12N2O7. The highest BCUT2D eigenvalue weighted by molar-refractivity contribution is 6.22. The van der Waals surface area contributed by atoms with Crippen molar-refractivity contribution in [1.29, 1.82) is 0 Å². The molecule has 1 aliphatic rings. The van der Waals surface area contributed by atoms with Gasteiger partial charge in [-0.1, -0.05) is 18.2 Å². The minimum Gasteiger partial charge on any atom is -0.502 e. The quantitative estimate of drug-likeness (QED) is 0.471. The fourth-order valence-electron chi connectivity index (χ4n) is 2.85. The van der Waals surface area contributed by atoms with Crippen LogP contribution < -0.4 is 0 Å². The maximum absolute atomic E-state index is 12.5. The third-order valence-corrected chi connectivity index (χ3v) is 4.09. The van der Waals surface area contributed by atoms with Crippen molar-refractivity contribution in [2.24, 2.45) is 0 Å². The summed E-state index contributed by atoms with van der Waals surface area (Å²) in [6.07, 6.45) is -0.331. The van der Waals surface area contributed by atoms with Crippen LogP contribution in [0.2, 0.25) is 0 Å². The third kappa shape index (κ3) is 2.75. The predicted molar refractivity (Wildman–Crippen MR) is 86.8 cm³/mol. The zero-order valence-corrected chi connectivity index (χ0v) is 13.2. The first-order valence-electron chi connectivity index (χ1n) is 7.47. The molecule has 0 aliphatic carbocycles. The lowest BCUT2D eigenvalue weighted by molar-refractivity contribution is -0.385. The standard InChI is InChI=1S/C17H12N2O7/c20-14-6-5-9(7-12(14)19(25)26)8-13(17(23)24)18-15(21)10-3-1-2-4-11(10)16(18)22/h1-7,13,20H,8H2,(H,23,24). The van der Waals surface area contributed by atoms with Gasteiger partial charge in [-0.3, -0.25) is 24.6 Å². The number of hydrogen-bond donors (Lipinski definition) is 2. The largest absolute Gasteiger partial charge is 0.502 e. The molecule has 9 heteroatoms. The minimum atomic E-state index is -1.54. The number of carboxylic acid groups (broad SMARTS) is 1. The number of hydrogen-bond acceptors (Lipinski definition) is 6. The van der Waals surface area contributed by atoms with Gasteiger partial charge in [-0.2, -0.15) is 0 Å². The van der Waals surface area contributed by atoms with Crippen LogP contribution in [0.1, 0.15) is 26.3 Å². The fraction of sp³-hybridized carbons (Fsp3) is 0.118. The lowest BCUT2D eigenvalue weighted by Gasteiger charge is -2.22. The lowest BCUT2D eigenvalue weighted by Crippen LogP contribution is -2.46. The van der Waals surface area contributed by atoms with Crippen LogP contribution >= 0.6 is 0 Å². The van der Waals surface area contributed by atoms with Crippen LogP contribution in [-0.2, 0) is 11.2 Å². The Labute approximate surface area is 146 Å². The topological polar surface area (TPSA) is 138 Å². The molecule has 1 unspecified atom stereocenters. The Hall–Kier alpha value is -3.75. The van der Waals surface area contributed by atoms with Gasteiger partial charge in [0.25, 0.3) is 11.8 Å². The molecule has 1 aliphatic heterocycles. The van der Waals surface area contributed by atoms with E-state index in [0.29, 0.717) is 4.90 Å². The summed E-state index contributed by atoms with van der Waals surface area (Å²) in [4.78, 5) is 47.4. The maximum Gasteiger partial charge on any atom is 0.327 e. The Balaban J connectivity index is 1.96. The van der Waals surface area contributed by atoms with Crippen LogP contribution in [0.25, 0.3) is 0 Å². The number of amides is 2. The highest BCUT2D eigenvalue weighted by Crippen LogP contribution is 2.29. The average Bonchev–Trinajstić information content (AvgIpc) is 2.85. The van der Waals surface area contributed by atoms with E-state index >= 15 is 0 Å². The van der Waals surface area contributed by atoms with E-state index in [9.17, 15) is 34.7 Å². The number of aliphatic carboxylic acids is 1. The van der Waals surface area contributed by atoms with Gasteiger partial charge in [0.2, 0.25) is 0 Å². The van der Waals surface area contributed by atoms with Crippen molar-refractivity contribution in [2.45, 2.75) is 12.5 Å². The van der Waals surface area contributed by atoms with Crippen molar-refractivity contribution in [3.05, 3.63) is 69.3 Å². The summed E-state index contributed by atoms with van der Waals surface area (Å²) < 4.78 is 0. The van der Waals surface area contributed by atoms with Gasteiger partial charge in [0.05, 0.1) is 16.1 Å². The highest BCUT2D eigenvalue weighted by Gasteiger charge is 2.42. The van der Waals surface area contributed by atoms with Gasteiger partial charge in [-0.05, 0) is 23.8 Å². The van der Waals surface area contributed by atoms with Gasteiger partial charge >= 0.3 is 11.7 Å². The predicted octanol–water partition coefficient (Wildman–Crippen LogP) is 1.59. The highest BCUT2D eigenvalue weighted by atomic mass is 16.6. The van der Waals surface area contributed by atoms with Crippen LogP contribution in [0.3, 0.4) is 0 Å². The summed E-state index contributed by atoms with van der Waals surface area (Å²) in [5, 5.41) is 29.9. The molecule has 0 saturated heterocycles. The summed E-state index contributed by atoms with van der Waals surface area (Å²) in [6, 6.07) is 7.83. The van der Waals surface area contributed by atoms with Crippen LogP contribution in [0.15, 0.2) is 42.5 Å². The molecule has 1 atom stereocenters. The summed E-state index contributed by atoms with van der Waals surface area (Å²) in [7, 11) is 0. The van der Waals surface area contributed by atoms with Crippen LogP contribution in [0.5, 0.6) is 5.75 Å². The molecule has 3 rings (SSSR count). The number of imide groups is 1. The van der Waals surface area contributed by atoms with Crippen LogP contribution in [0.4, 0.5) is 5.69 Å². The number of rotatable bonds is 5. The van der Waals surface area contributed by atoms with Gasteiger partial charge in [0.15, 0.2) is 5.75 Å². The Bertz CT molecular complexity index is 919. The van der Waals surface area contributed by atoms with E-state index in [-0.39, 0.29) is 23.1 Å². The zero-order chi connectivity index (χ0) is 19.0. The van der Waals surface area contributed by atoms with Gasteiger partial charge in [0.1, 0.15) is 6.04 Å². The van der Waals surface area contributed by atoms with Crippen molar-refractivity contribution in [3.63, 3.8) is 0 Å². The van der Waals surface area contributed by atoms with Crippen LogP contribution in [-0.4, -0.2) is 43.9 Å². The number of phenols is 1. The molecule has 0 saturated carbocycles. The van der Waals surface area contributed by atoms with E-state index in [2.05, 4.69) is 0 Å². The number of nitro benzene ring substituents is 1. The molecule has 2 aromatic rings. The Morgan fingerprint density at radius 1 is 1.12 bits per heavy atom. The number of fused-ring (bicyclic) bond motifs is 1. The fourth-order valence-corrected chi connectivity index (χ4v) is 2.85. The number of nitrogens with zero attached hydrogens (tertiary/aromatic N) is 2. The van der Waals surface area contributed by atoms with Crippen molar-refractivity contribution in [1.82, 2.24) is 4.90 Å². The summed E-state index contributed by atoms with van der Waals surface area (Å²) >= 11 is 0. The van der Waals surface area contributed by atoms with E-state index in [4.69, 9.17) is 0 Å². The second kappa shape index (κ2) is 6.28. The van der Waals surface area contributed by atoms with E-state index in [1.807, 2.05) is 0 Å². The number of carboxylic acids is 1. The monoisotopic (exact) mass is 356 g/mol. The minimum absolute atomic E-state index is 0.112. The molecule has 26 heavy (non-hydrogen) atoms. The Morgan fingerprint density at radius 3 is 2.19 bits per heavy atom.